The number of aliphatic imine (C=N–C) groups is 1. The molecule has 2 saturated heterocycles. The number of nitrogens with one attached hydrogen (secondary N) is 1. The summed E-state index contributed by atoms with van der Waals surface area (Å²) < 4.78 is 11.0. The normalized spacial score (nSPS) is 18.1. The van der Waals surface area contributed by atoms with Crippen LogP contribution in [0.5, 0.6) is 0 Å². The molecule has 0 bridgehead atoms. The Morgan fingerprint density at radius 1 is 1.07 bits per heavy atom. The molecule has 0 saturated carbocycles. The Labute approximate surface area is 196 Å². The van der Waals surface area contributed by atoms with Crippen LogP contribution in [0, 0.1) is 0 Å². The highest BCUT2D eigenvalue weighted by Gasteiger charge is 2.24. The molecule has 1 aromatic carbocycles. The summed E-state index contributed by atoms with van der Waals surface area (Å²) in [4.78, 5) is 23.2. The third-order valence-corrected chi connectivity index (χ3v) is 5.25. The van der Waals surface area contributed by atoms with Gasteiger partial charge in [0.1, 0.15) is 0 Å². The largest absolute Gasteiger partial charge is 0.378 e. The van der Waals surface area contributed by atoms with Crippen LogP contribution in [0.3, 0.4) is 0 Å². The number of ether oxygens (including phenoxy) is 2. The lowest BCUT2D eigenvalue weighted by Gasteiger charge is -2.37. The molecule has 0 aliphatic carbocycles. The predicted molar refractivity (Wildman–Crippen MR) is 128 cm³/mol. The van der Waals surface area contributed by atoms with Crippen LogP contribution in [0.1, 0.15) is 5.56 Å². The second-order valence-electron chi connectivity index (χ2n) is 7.27. The van der Waals surface area contributed by atoms with Gasteiger partial charge >= 0.3 is 0 Å². The van der Waals surface area contributed by atoms with E-state index in [1.54, 1.807) is 0 Å². The van der Waals surface area contributed by atoms with Crippen molar-refractivity contribution in [1.82, 2.24) is 20.0 Å². The molecule has 1 amide bonds. The van der Waals surface area contributed by atoms with Gasteiger partial charge in [-0.05, 0) is 5.56 Å². The van der Waals surface area contributed by atoms with Crippen molar-refractivity contribution in [1.29, 1.82) is 0 Å². The first-order chi connectivity index (χ1) is 14.3. The molecule has 2 fully saturated rings. The fourth-order valence-corrected chi connectivity index (χ4v) is 3.55. The van der Waals surface area contributed by atoms with E-state index in [9.17, 15) is 4.79 Å². The van der Waals surface area contributed by atoms with Gasteiger partial charge in [-0.3, -0.25) is 14.7 Å². The molecule has 2 aliphatic heterocycles. The Hall–Kier alpha value is -1.43. The second kappa shape index (κ2) is 13.8. The summed E-state index contributed by atoms with van der Waals surface area (Å²) in [5, 5.41) is 3.38. The molecule has 0 spiro atoms. The number of benzene rings is 1. The number of halogens is 1. The van der Waals surface area contributed by atoms with Gasteiger partial charge in [0.25, 0.3) is 0 Å². The van der Waals surface area contributed by atoms with E-state index in [2.05, 4.69) is 32.2 Å². The molecular weight excluding hydrogens is 497 g/mol. The molecular formula is C21H34IN5O3. The third-order valence-electron chi connectivity index (χ3n) is 5.25. The van der Waals surface area contributed by atoms with Gasteiger partial charge in [0.2, 0.25) is 5.91 Å². The van der Waals surface area contributed by atoms with Crippen LogP contribution in [0.25, 0.3) is 0 Å². The summed E-state index contributed by atoms with van der Waals surface area (Å²) in [6, 6.07) is 10.2. The number of morpholine rings is 1. The highest BCUT2D eigenvalue weighted by atomic mass is 127. The van der Waals surface area contributed by atoms with Crippen molar-refractivity contribution in [2.75, 3.05) is 79.2 Å². The number of carbonyl (C=O) groups excluding carboxylic acids is 1. The number of amides is 1. The van der Waals surface area contributed by atoms with E-state index in [4.69, 9.17) is 9.47 Å². The predicted octanol–water partition coefficient (Wildman–Crippen LogP) is 0.873. The van der Waals surface area contributed by atoms with E-state index in [1.165, 1.54) is 5.56 Å². The number of rotatable bonds is 7. The maximum Gasteiger partial charge on any atom is 0.236 e. The average Bonchev–Trinajstić information content (AvgIpc) is 2.78. The zero-order valence-corrected chi connectivity index (χ0v) is 20.1. The van der Waals surface area contributed by atoms with Gasteiger partial charge in [-0.1, -0.05) is 30.3 Å². The number of piperazine rings is 1. The number of nitrogens with zero attached hydrogens (tertiary/aromatic N) is 4. The summed E-state index contributed by atoms with van der Waals surface area (Å²) in [5.41, 5.74) is 1.18. The van der Waals surface area contributed by atoms with Gasteiger partial charge in [-0.15, -0.1) is 24.0 Å². The molecule has 2 aliphatic rings. The molecule has 3 rings (SSSR count). The topological polar surface area (TPSA) is 69.6 Å². The molecule has 9 heteroatoms. The van der Waals surface area contributed by atoms with Crippen LogP contribution >= 0.6 is 24.0 Å². The molecule has 0 atom stereocenters. The van der Waals surface area contributed by atoms with Crippen LogP contribution in [0.2, 0.25) is 0 Å². The first-order valence-electron chi connectivity index (χ1n) is 10.4. The van der Waals surface area contributed by atoms with Crippen LogP contribution in [-0.4, -0.2) is 106 Å². The van der Waals surface area contributed by atoms with Gasteiger partial charge < -0.3 is 24.6 Å². The number of hydrogen-bond donors (Lipinski definition) is 1. The third kappa shape index (κ3) is 8.01. The molecule has 0 unspecified atom stereocenters. The highest BCUT2D eigenvalue weighted by Crippen LogP contribution is 2.05. The number of carbonyl (C=O) groups is 1. The Kier molecular flexibility index (Phi) is 11.4. The maximum atomic E-state index is 12.4. The Bertz CT molecular complexity index is 647. The van der Waals surface area contributed by atoms with Crippen molar-refractivity contribution in [2.24, 2.45) is 4.99 Å². The minimum atomic E-state index is 0. The van der Waals surface area contributed by atoms with Gasteiger partial charge in [-0.2, -0.15) is 0 Å². The first kappa shape index (κ1) is 24.8. The summed E-state index contributed by atoms with van der Waals surface area (Å²) in [6.07, 6.45) is 0. The van der Waals surface area contributed by atoms with E-state index >= 15 is 0 Å². The van der Waals surface area contributed by atoms with Crippen molar-refractivity contribution in [3.05, 3.63) is 35.9 Å². The molecule has 168 valence electrons. The Morgan fingerprint density at radius 3 is 2.43 bits per heavy atom. The van der Waals surface area contributed by atoms with E-state index in [-0.39, 0.29) is 29.9 Å². The molecule has 2 heterocycles. The van der Waals surface area contributed by atoms with Gasteiger partial charge in [-0.25, -0.2) is 0 Å². The summed E-state index contributed by atoms with van der Waals surface area (Å²) in [6.45, 7) is 8.63. The van der Waals surface area contributed by atoms with Gasteiger partial charge in [0.05, 0.1) is 33.0 Å². The average molecular weight is 531 g/mol. The monoisotopic (exact) mass is 531 g/mol. The Balaban J connectivity index is 0.00000320. The molecule has 0 radical (unpaired) electrons. The zero-order valence-electron chi connectivity index (χ0n) is 17.8. The van der Waals surface area contributed by atoms with Crippen LogP contribution in [0.4, 0.5) is 0 Å². The summed E-state index contributed by atoms with van der Waals surface area (Å²) in [5.74, 6) is 1.10. The van der Waals surface area contributed by atoms with Crippen molar-refractivity contribution < 1.29 is 14.3 Å². The van der Waals surface area contributed by atoms with Crippen LogP contribution < -0.4 is 5.32 Å². The van der Waals surface area contributed by atoms with Crippen LogP contribution in [0.15, 0.2) is 35.3 Å². The summed E-state index contributed by atoms with van der Waals surface area (Å²) in [7, 11) is 1.81. The van der Waals surface area contributed by atoms with Crippen molar-refractivity contribution in [3.8, 4) is 0 Å². The number of guanidine groups is 1. The fourth-order valence-electron chi connectivity index (χ4n) is 3.55. The van der Waals surface area contributed by atoms with Crippen molar-refractivity contribution >= 4 is 35.8 Å². The van der Waals surface area contributed by atoms with E-state index in [0.717, 1.165) is 38.7 Å². The highest BCUT2D eigenvalue weighted by molar-refractivity contribution is 14.0. The molecule has 1 aromatic rings. The zero-order chi connectivity index (χ0) is 20.3. The Morgan fingerprint density at radius 2 is 1.77 bits per heavy atom. The minimum Gasteiger partial charge on any atom is -0.378 e. The standard InChI is InChI=1S/C21H33N5O3.HI/c1-22-21(23-7-14-29-18-19-5-3-2-4-6-19)26-10-8-24(9-11-26)17-20(27)25-12-15-28-16-13-25;/h2-6H,7-18H2,1H3,(H,22,23);1H. The molecule has 30 heavy (non-hydrogen) atoms. The smallest absolute Gasteiger partial charge is 0.236 e. The minimum absolute atomic E-state index is 0. The summed E-state index contributed by atoms with van der Waals surface area (Å²) >= 11 is 0. The SMILES string of the molecule is CN=C(NCCOCc1ccccc1)N1CCN(CC(=O)N2CCOCC2)CC1.I. The second-order valence-corrected chi connectivity index (χ2v) is 7.27. The molecule has 8 nitrogen and oxygen atoms in total. The van der Waals surface area contributed by atoms with Crippen molar-refractivity contribution in [2.45, 2.75) is 6.61 Å². The van der Waals surface area contributed by atoms with E-state index < -0.39 is 0 Å². The first-order valence-corrected chi connectivity index (χ1v) is 10.4. The lowest BCUT2D eigenvalue weighted by atomic mass is 10.2. The number of hydrogen-bond acceptors (Lipinski definition) is 5. The van der Waals surface area contributed by atoms with E-state index in [1.807, 2.05) is 30.1 Å². The van der Waals surface area contributed by atoms with E-state index in [0.29, 0.717) is 46.1 Å². The quantitative estimate of drug-likeness (QED) is 0.244. The fraction of sp³-hybridized carbons (Fsp3) is 0.619. The lowest BCUT2D eigenvalue weighted by Crippen LogP contribution is -2.55. The van der Waals surface area contributed by atoms with Gasteiger partial charge in [0.15, 0.2) is 5.96 Å². The molecule has 0 aromatic heterocycles. The van der Waals surface area contributed by atoms with Gasteiger partial charge in [0, 0.05) is 52.9 Å². The van der Waals surface area contributed by atoms with Crippen LogP contribution in [-0.2, 0) is 20.9 Å². The maximum absolute atomic E-state index is 12.4. The van der Waals surface area contributed by atoms with Crippen molar-refractivity contribution in [3.63, 3.8) is 0 Å². The lowest BCUT2D eigenvalue weighted by molar-refractivity contribution is -0.136. The molecule has 1 N–H and O–H groups in total.